The van der Waals surface area contributed by atoms with Crippen LogP contribution in [0.5, 0.6) is 0 Å². The SMILES string of the molecule is CN(CC1CC(C(C)(C)C)CCC1=O)CC1CCCN1C. The minimum absolute atomic E-state index is 0.264. The van der Waals surface area contributed by atoms with E-state index >= 15 is 0 Å². The summed E-state index contributed by atoms with van der Waals surface area (Å²) in [5, 5.41) is 0. The zero-order valence-electron chi connectivity index (χ0n) is 14.7. The fourth-order valence-corrected chi connectivity index (χ4v) is 4.10. The molecule has 0 spiro atoms. The van der Waals surface area contributed by atoms with E-state index in [4.69, 9.17) is 0 Å². The second-order valence-electron chi connectivity index (χ2n) is 8.50. The standard InChI is InChI=1S/C18H34N2O/c1-18(2,3)15-8-9-17(21)14(11-15)12-19(4)13-16-7-6-10-20(16)5/h14-16H,6-13H2,1-5H3. The van der Waals surface area contributed by atoms with Crippen molar-refractivity contribution in [3.63, 3.8) is 0 Å². The molecule has 0 N–H and O–H groups in total. The summed E-state index contributed by atoms with van der Waals surface area (Å²) >= 11 is 0. The lowest BCUT2D eigenvalue weighted by Gasteiger charge is -2.38. The van der Waals surface area contributed by atoms with Gasteiger partial charge in [-0.15, -0.1) is 0 Å². The first-order valence-electron chi connectivity index (χ1n) is 8.69. The maximum absolute atomic E-state index is 12.3. The Bertz CT molecular complexity index is 361. The average molecular weight is 294 g/mol. The Hall–Kier alpha value is -0.410. The number of carbonyl (C=O) groups is 1. The van der Waals surface area contributed by atoms with Gasteiger partial charge in [0, 0.05) is 31.5 Å². The highest BCUT2D eigenvalue weighted by molar-refractivity contribution is 5.82. The summed E-state index contributed by atoms with van der Waals surface area (Å²) in [6, 6.07) is 0.687. The molecule has 3 atom stereocenters. The number of rotatable bonds is 4. The van der Waals surface area contributed by atoms with Crippen LogP contribution < -0.4 is 0 Å². The van der Waals surface area contributed by atoms with Crippen molar-refractivity contribution in [1.82, 2.24) is 9.80 Å². The van der Waals surface area contributed by atoms with Crippen LogP contribution in [-0.4, -0.2) is 55.4 Å². The monoisotopic (exact) mass is 294 g/mol. The Labute approximate surface area is 131 Å². The maximum Gasteiger partial charge on any atom is 0.137 e. The molecule has 1 aliphatic carbocycles. The number of likely N-dealkylation sites (tertiary alicyclic amines) is 1. The van der Waals surface area contributed by atoms with Crippen molar-refractivity contribution in [2.24, 2.45) is 17.3 Å². The number of carbonyl (C=O) groups excluding carboxylic acids is 1. The van der Waals surface area contributed by atoms with E-state index in [-0.39, 0.29) is 5.92 Å². The van der Waals surface area contributed by atoms with Gasteiger partial charge in [-0.25, -0.2) is 0 Å². The van der Waals surface area contributed by atoms with Crippen LogP contribution in [0.4, 0.5) is 0 Å². The summed E-state index contributed by atoms with van der Waals surface area (Å²) in [6.45, 7) is 10.3. The molecule has 1 saturated heterocycles. The van der Waals surface area contributed by atoms with Crippen LogP contribution in [-0.2, 0) is 4.79 Å². The fourth-order valence-electron chi connectivity index (χ4n) is 4.10. The highest BCUT2D eigenvalue weighted by Gasteiger charge is 2.35. The Balaban J connectivity index is 1.86. The van der Waals surface area contributed by atoms with Gasteiger partial charge in [0.25, 0.3) is 0 Å². The molecule has 0 aromatic heterocycles. The average Bonchev–Trinajstić information content (AvgIpc) is 2.76. The molecular formula is C18H34N2O. The molecule has 3 heteroatoms. The van der Waals surface area contributed by atoms with Crippen LogP contribution in [0.15, 0.2) is 0 Å². The van der Waals surface area contributed by atoms with Crippen LogP contribution in [0, 0.1) is 17.3 Å². The van der Waals surface area contributed by atoms with Crippen LogP contribution in [0.2, 0.25) is 0 Å². The van der Waals surface area contributed by atoms with Gasteiger partial charge in [-0.2, -0.15) is 0 Å². The molecule has 0 radical (unpaired) electrons. The summed E-state index contributed by atoms with van der Waals surface area (Å²) in [6.07, 6.45) is 5.61. The minimum Gasteiger partial charge on any atom is -0.304 e. The molecule has 21 heavy (non-hydrogen) atoms. The zero-order chi connectivity index (χ0) is 15.6. The highest BCUT2D eigenvalue weighted by Crippen LogP contribution is 2.39. The van der Waals surface area contributed by atoms with Gasteiger partial charge in [-0.1, -0.05) is 20.8 Å². The van der Waals surface area contributed by atoms with E-state index in [1.54, 1.807) is 0 Å². The highest BCUT2D eigenvalue weighted by atomic mass is 16.1. The van der Waals surface area contributed by atoms with Gasteiger partial charge < -0.3 is 9.80 Å². The third-order valence-electron chi connectivity index (χ3n) is 5.71. The van der Waals surface area contributed by atoms with E-state index in [2.05, 4.69) is 44.7 Å². The number of hydrogen-bond acceptors (Lipinski definition) is 3. The van der Waals surface area contributed by atoms with Crippen molar-refractivity contribution in [3.8, 4) is 0 Å². The Kier molecular flexibility index (Phi) is 5.48. The van der Waals surface area contributed by atoms with Gasteiger partial charge in [0.15, 0.2) is 0 Å². The van der Waals surface area contributed by atoms with Gasteiger partial charge in [-0.3, -0.25) is 4.79 Å². The smallest absolute Gasteiger partial charge is 0.137 e. The third-order valence-corrected chi connectivity index (χ3v) is 5.71. The Morgan fingerprint density at radius 3 is 2.52 bits per heavy atom. The second kappa shape index (κ2) is 6.78. The van der Waals surface area contributed by atoms with Gasteiger partial charge >= 0.3 is 0 Å². The van der Waals surface area contributed by atoms with Crippen LogP contribution >= 0.6 is 0 Å². The predicted octanol–water partition coefficient (Wildman–Crippen LogP) is 3.04. The lowest BCUT2D eigenvalue weighted by Crippen LogP contribution is -2.42. The summed E-state index contributed by atoms with van der Waals surface area (Å²) < 4.78 is 0. The molecule has 122 valence electrons. The molecule has 1 aliphatic heterocycles. The van der Waals surface area contributed by atoms with Crippen molar-refractivity contribution in [1.29, 1.82) is 0 Å². The van der Waals surface area contributed by atoms with Gasteiger partial charge in [0.05, 0.1) is 0 Å². The normalized spacial score (nSPS) is 32.1. The van der Waals surface area contributed by atoms with Crippen molar-refractivity contribution >= 4 is 5.78 Å². The molecule has 2 aliphatic rings. The molecule has 0 bridgehead atoms. The lowest BCUT2D eigenvalue weighted by molar-refractivity contribution is -0.127. The summed E-state index contributed by atoms with van der Waals surface area (Å²) in [7, 11) is 4.42. The maximum atomic E-state index is 12.3. The second-order valence-corrected chi connectivity index (χ2v) is 8.50. The van der Waals surface area contributed by atoms with E-state index in [1.165, 1.54) is 19.4 Å². The fraction of sp³-hybridized carbons (Fsp3) is 0.944. The number of Topliss-reactive ketones (excluding diaryl/α,β-unsaturated/α-hetero) is 1. The molecular weight excluding hydrogens is 260 g/mol. The molecule has 2 fully saturated rings. The summed E-state index contributed by atoms with van der Waals surface area (Å²) in [5.74, 6) is 1.46. The molecule has 0 aromatic rings. The minimum atomic E-state index is 0.264. The van der Waals surface area contributed by atoms with Gasteiger partial charge in [0.1, 0.15) is 5.78 Å². The molecule has 0 aromatic carbocycles. The summed E-state index contributed by atoms with van der Waals surface area (Å²) in [4.78, 5) is 17.1. The van der Waals surface area contributed by atoms with Crippen molar-refractivity contribution in [2.45, 2.75) is 58.9 Å². The Morgan fingerprint density at radius 2 is 1.95 bits per heavy atom. The van der Waals surface area contributed by atoms with Crippen molar-refractivity contribution < 1.29 is 4.79 Å². The largest absolute Gasteiger partial charge is 0.304 e. The first-order chi connectivity index (χ1) is 9.77. The quantitative estimate of drug-likeness (QED) is 0.796. The van der Waals surface area contributed by atoms with Gasteiger partial charge in [0.2, 0.25) is 0 Å². The van der Waals surface area contributed by atoms with E-state index in [9.17, 15) is 4.79 Å². The Morgan fingerprint density at radius 1 is 1.24 bits per heavy atom. The van der Waals surface area contributed by atoms with E-state index in [1.807, 2.05) is 0 Å². The van der Waals surface area contributed by atoms with Crippen LogP contribution in [0.25, 0.3) is 0 Å². The number of hydrogen-bond donors (Lipinski definition) is 0. The van der Waals surface area contributed by atoms with Gasteiger partial charge in [-0.05, 0) is 57.7 Å². The first-order valence-corrected chi connectivity index (χ1v) is 8.69. The number of likely N-dealkylation sites (N-methyl/N-ethyl adjacent to an activating group) is 2. The molecule has 2 rings (SSSR count). The molecule has 1 saturated carbocycles. The lowest BCUT2D eigenvalue weighted by atomic mass is 9.68. The van der Waals surface area contributed by atoms with Crippen molar-refractivity contribution in [2.75, 3.05) is 33.7 Å². The third kappa shape index (κ3) is 4.53. The number of nitrogens with zero attached hydrogens (tertiary/aromatic N) is 2. The van der Waals surface area contributed by atoms with E-state index in [0.717, 1.165) is 32.4 Å². The summed E-state index contributed by atoms with van der Waals surface area (Å²) in [5.41, 5.74) is 0.336. The molecule has 1 heterocycles. The number of ketones is 1. The van der Waals surface area contributed by atoms with Crippen molar-refractivity contribution in [3.05, 3.63) is 0 Å². The van der Waals surface area contributed by atoms with E-state index in [0.29, 0.717) is 23.2 Å². The molecule has 3 nitrogen and oxygen atoms in total. The molecule has 3 unspecified atom stereocenters. The van der Waals surface area contributed by atoms with Crippen LogP contribution in [0.1, 0.15) is 52.9 Å². The topological polar surface area (TPSA) is 23.6 Å². The zero-order valence-corrected chi connectivity index (χ0v) is 14.7. The van der Waals surface area contributed by atoms with E-state index < -0.39 is 0 Å². The molecule has 0 amide bonds. The van der Waals surface area contributed by atoms with Crippen LogP contribution in [0.3, 0.4) is 0 Å². The first kappa shape index (κ1) is 17.0. The predicted molar refractivity (Wildman–Crippen MR) is 88.4 cm³/mol.